The van der Waals surface area contributed by atoms with E-state index in [1.807, 2.05) is 0 Å². The number of sulfonamides is 1. The van der Waals surface area contributed by atoms with Gasteiger partial charge in [-0.25, -0.2) is 17.2 Å². The second-order valence-corrected chi connectivity index (χ2v) is 6.70. The molecule has 0 atom stereocenters. The Morgan fingerprint density at radius 1 is 1.24 bits per heavy atom. The summed E-state index contributed by atoms with van der Waals surface area (Å²) in [5.74, 6) is -3.00. The minimum atomic E-state index is -4.08. The van der Waals surface area contributed by atoms with Crippen LogP contribution in [0.2, 0.25) is 0 Å². The molecule has 0 unspecified atom stereocenters. The van der Waals surface area contributed by atoms with Crippen LogP contribution in [0.4, 0.5) is 8.78 Å². The number of hydrogen-bond donors (Lipinski definition) is 1. The predicted octanol–water partition coefficient (Wildman–Crippen LogP) is 2.23. The van der Waals surface area contributed by atoms with E-state index in [1.165, 1.54) is 0 Å². The summed E-state index contributed by atoms with van der Waals surface area (Å²) in [6.45, 7) is 3.17. The van der Waals surface area contributed by atoms with Crippen LogP contribution in [0.5, 0.6) is 0 Å². The minimum absolute atomic E-state index is 0.0373. The predicted molar refractivity (Wildman–Crippen MR) is 72.3 cm³/mol. The number of carboxylic acid groups (broad SMARTS) is 1. The number of carboxylic acids is 1. The molecule has 5 nitrogen and oxygen atoms in total. The first-order valence-corrected chi connectivity index (χ1v) is 7.78. The maximum absolute atomic E-state index is 13.2. The highest BCUT2D eigenvalue weighted by Crippen LogP contribution is 2.21. The Morgan fingerprint density at radius 3 is 2.19 bits per heavy atom. The van der Waals surface area contributed by atoms with Gasteiger partial charge in [0, 0.05) is 25.1 Å². The molecule has 0 fully saturated rings. The standard InChI is InChI=1S/C13H17F2NO4S/c1-9(2)16(5-3-4-13(17)18)21(19,20)12-7-10(14)6-11(15)8-12/h6-9H,3-5H2,1-2H3,(H,17,18). The minimum Gasteiger partial charge on any atom is -0.481 e. The Morgan fingerprint density at radius 2 is 1.76 bits per heavy atom. The zero-order chi connectivity index (χ0) is 16.2. The topological polar surface area (TPSA) is 74.7 Å². The van der Waals surface area contributed by atoms with Crippen molar-refractivity contribution in [1.29, 1.82) is 0 Å². The number of aliphatic carboxylic acids is 1. The van der Waals surface area contributed by atoms with Crippen LogP contribution in [0.3, 0.4) is 0 Å². The summed E-state index contributed by atoms with van der Waals surface area (Å²) < 4.78 is 52.2. The van der Waals surface area contributed by atoms with Gasteiger partial charge in [-0.15, -0.1) is 0 Å². The first-order chi connectivity index (χ1) is 9.64. The van der Waals surface area contributed by atoms with Crippen molar-refractivity contribution in [3.8, 4) is 0 Å². The number of nitrogens with zero attached hydrogens (tertiary/aromatic N) is 1. The maximum Gasteiger partial charge on any atom is 0.303 e. The van der Waals surface area contributed by atoms with Crippen molar-refractivity contribution in [2.24, 2.45) is 0 Å². The smallest absolute Gasteiger partial charge is 0.303 e. The van der Waals surface area contributed by atoms with Crippen LogP contribution in [-0.2, 0) is 14.8 Å². The fraction of sp³-hybridized carbons (Fsp3) is 0.462. The number of hydrogen-bond acceptors (Lipinski definition) is 3. The number of carbonyl (C=O) groups is 1. The first kappa shape index (κ1) is 17.5. The number of halogens is 2. The summed E-state index contributed by atoms with van der Waals surface area (Å²) in [6, 6.07) is 1.61. The van der Waals surface area contributed by atoms with Crippen molar-refractivity contribution in [2.45, 2.75) is 37.6 Å². The summed E-state index contributed by atoms with van der Waals surface area (Å²) in [6.07, 6.45) is -0.0687. The molecule has 1 N–H and O–H groups in total. The Kier molecular flexibility index (Phi) is 5.79. The first-order valence-electron chi connectivity index (χ1n) is 6.34. The lowest BCUT2D eigenvalue weighted by atomic mass is 10.3. The van der Waals surface area contributed by atoms with Gasteiger partial charge in [0.15, 0.2) is 0 Å². The summed E-state index contributed by atoms with van der Waals surface area (Å²) in [5, 5.41) is 8.59. The molecule has 0 radical (unpaired) electrons. The molecule has 1 aromatic rings. The molecule has 0 saturated carbocycles. The third kappa shape index (κ3) is 4.75. The van der Waals surface area contributed by atoms with Gasteiger partial charge in [0.05, 0.1) is 4.90 Å². The van der Waals surface area contributed by atoms with Crippen LogP contribution < -0.4 is 0 Å². The van der Waals surface area contributed by atoms with E-state index in [0.29, 0.717) is 6.07 Å². The van der Waals surface area contributed by atoms with Crippen molar-refractivity contribution in [2.75, 3.05) is 6.54 Å². The average molecular weight is 321 g/mol. The molecule has 0 aromatic heterocycles. The Balaban J connectivity index is 3.07. The molecule has 0 spiro atoms. The van der Waals surface area contributed by atoms with Gasteiger partial charge in [0.2, 0.25) is 10.0 Å². The van der Waals surface area contributed by atoms with E-state index < -0.39 is 38.6 Å². The highest BCUT2D eigenvalue weighted by atomic mass is 32.2. The molecule has 21 heavy (non-hydrogen) atoms. The second kappa shape index (κ2) is 6.95. The lowest BCUT2D eigenvalue weighted by molar-refractivity contribution is -0.137. The summed E-state index contributed by atoms with van der Waals surface area (Å²) in [4.78, 5) is 10.0. The SMILES string of the molecule is CC(C)N(CCCC(=O)O)S(=O)(=O)c1cc(F)cc(F)c1. The van der Waals surface area contributed by atoms with Crippen LogP contribution in [0.1, 0.15) is 26.7 Å². The fourth-order valence-corrected chi connectivity index (χ4v) is 3.57. The van der Waals surface area contributed by atoms with Gasteiger partial charge >= 0.3 is 5.97 Å². The summed E-state index contributed by atoms with van der Waals surface area (Å²) in [5.41, 5.74) is 0. The molecule has 118 valence electrons. The van der Waals surface area contributed by atoms with Gasteiger partial charge in [-0.1, -0.05) is 0 Å². The Bertz CT molecular complexity index is 596. The van der Waals surface area contributed by atoms with E-state index in [1.54, 1.807) is 13.8 Å². The normalized spacial score (nSPS) is 12.1. The van der Waals surface area contributed by atoms with Gasteiger partial charge in [-0.05, 0) is 32.4 Å². The molecule has 0 amide bonds. The fourth-order valence-electron chi connectivity index (χ4n) is 1.85. The number of benzene rings is 1. The molecule has 0 aliphatic rings. The highest BCUT2D eigenvalue weighted by Gasteiger charge is 2.27. The summed E-state index contributed by atoms with van der Waals surface area (Å²) in [7, 11) is -4.08. The quantitative estimate of drug-likeness (QED) is 0.835. The van der Waals surface area contributed by atoms with Crippen LogP contribution in [-0.4, -0.2) is 36.4 Å². The molecular weight excluding hydrogens is 304 g/mol. The highest BCUT2D eigenvalue weighted by molar-refractivity contribution is 7.89. The molecule has 1 rings (SSSR count). The summed E-state index contributed by atoms with van der Waals surface area (Å²) >= 11 is 0. The van der Waals surface area contributed by atoms with E-state index in [9.17, 15) is 22.0 Å². The maximum atomic E-state index is 13.2. The molecule has 0 saturated heterocycles. The zero-order valence-electron chi connectivity index (χ0n) is 11.7. The van der Waals surface area contributed by atoms with Crippen LogP contribution in [0, 0.1) is 11.6 Å². The van der Waals surface area contributed by atoms with Crippen molar-refractivity contribution in [3.05, 3.63) is 29.8 Å². The van der Waals surface area contributed by atoms with Crippen molar-refractivity contribution in [3.63, 3.8) is 0 Å². The Labute approximate surface area is 122 Å². The van der Waals surface area contributed by atoms with E-state index in [2.05, 4.69) is 0 Å². The Hall–Kier alpha value is -1.54. The van der Waals surface area contributed by atoms with Gasteiger partial charge in [0.1, 0.15) is 11.6 Å². The van der Waals surface area contributed by atoms with Gasteiger partial charge < -0.3 is 5.11 Å². The molecule has 0 bridgehead atoms. The van der Waals surface area contributed by atoms with E-state index in [0.717, 1.165) is 16.4 Å². The van der Waals surface area contributed by atoms with E-state index >= 15 is 0 Å². The monoisotopic (exact) mass is 321 g/mol. The van der Waals surface area contributed by atoms with Gasteiger partial charge in [0.25, 0.3) is 0 Å². The van der Waals surface area contributed by atoms with Crippen LogP contribution in [0.15, 0.2) is 23.1 Å². The van der Waals surface area contributed by atoms with Crippen molar-refractivity contribution < 1.29 is 27.1 Å². The lowest BCUT2D eigenvalue weighted by Crippen LogP contribution is -2.38. The van der Waals surface area contributed by atoms with Crippen molar-refractivity contribution >= 4 is 16.0 Å². The third-order valence-corrected chi connectivity index (χ3v) is 4.84. The zero-order valence-corrected chi connectivity index (χ0v) is 12.5. The lowest BCUT2D eigenvalue weighted by Gasteiger charge is -2.25. The number of rotatable bonds is 7. The third-order valence-electron chi connectivity index (χ3n) is 2.79. The van der Waals surface area contributed by atoms with E-state index in [4.69, 9.17) is 5.11 Å². The molecule has 0 aliphatic carbocycles. The molecule has 8 heteroatoms. The van der Waals surface area contributed by atoms with Crippen molar-refractivity contribution in [1.82, 2.24) is 4.31 Å². The molecule has 0 heterocycles. The molecule has 1 aromatic carbocycles. The molecule has 0 aliphatic heterocycles. The average Bonchev–Trinajstić information content (AvgIpc) is 2.32. The second-order valence-electron chi connectivity index (χ2n) is 4.81. The van der Waals surface area contributed by atoms with E-state index in [-0.39, 0.29) is 19.4 Å². The van der Waals surface area contributed by atoms with Crippen LogP contribution in [0.25, 0.3) is 0 Å². The van der Waals surface area contributed by atoms with Gasteiger partial charge in [-0.2, -0.15) is 4.31 Å². The molecular formula is C13H17F2NO4S. The van der Waals surface area contributed by atoms with Gasteiger partial charge in [-0.3, -0.25) is 4.79 Å². The largest absolute Gasteiger partial charge is 0.481 e. The van der Waals surface area contributed by atoms with Crippen LogP contribution >= 0.6 is 0 Å².